The fourth-order valence-corrected chi connectivity index (χ4v) is 1.55. The summed E-state index contributed by atoms with van der Waals surface area (Å²) in [5.74, 6) is 0. The molecule has 0 bridgehead atoms. The molecule has 0 spiro atoms. The minimum atomic E-state index is 0.422. The highest BCUT2D eigenvalue weighted by molar-refractivity contribution is 6.29. The van der Waals surface area contributed by atoms with Crippen molar-refractivity contribution in [2.75, 3.05) is 0 Å². The Morgan fingerprint density at radius 2 is 2.00 bits per heavy atom. The van der Waals surface area contributed by atoms with E-state index in [1.807, 2.05) is 24.3 Å². The summed E-state index contributed by atoms with van der Waals surface area (Å²) in [6.45, 7) is 2.06. The summed E-state index contributed by atoms with van der Waals surface area (Å²) in [5.41, 5.74) is 3.35. The Hall–Kier alpha value is -1.41. The quantitative estimate of drug-likeness (QED) is 0.714. The molecule has 0 saturated heterocycles. The first-order valence-corrected chi connectivity index (χ1v) is 4.69. The molecule has 2 rings (SSSR count). The lowest BCUT2D eigenvalue weighted by Gasteiger charge is -2.04. The van der Waals surface area contributed by atoms with Crippen LogP contribution in [0.15, 0.2) is 36.5 Å². The van der Waals surface area contributed by atoms with E-state index in [-0.39, 0.29) is 0 Å². The first-order chi connectivity index (χ1) is 6.77. The highest BCUT2D eigenvalue weighted by Crippen LogP contribution is 2.23. The number of aromatic nitrogens is 2. The molecule has 0 atom stereocenters. The van der Waals surface area contributed by atoms with Crippen molar-refractivity contribution < 1.29 is 0 Å². The summed E-state index contributed by atoms with van der Waals surface area (Å²) in [4.78, 5) is 0. The van der Waals surface area contributed by atoms with Gasteiger partial charge in [-0.25, -0.2) is 0 Å². The van der Waals surface area contributed by atoms with Gasteiger partial charge in [-0.1, -0.05) is 35.9 Å². The molecule has 3 heteroatoms. The Kier molecular flexibility index (Phi) is 2.46. The largest absolute Gasteiger partial charge is 0.157 e. The van der Waals surface area contributed by atoms with Crippen LogP contribution in [0.3, 0.4) is 0 Å². The molecule has 1 aromatic heterocycles. The fourth-order valence-electron chi connectivity index (χ4n) is 1.38. The van der Waals surface area contributed by atoms with Crippen molar-refractivity contribution in [2.45, 2.75) is 6.92 Å². The van der Waals surface area contributed by atoms with Crippen LogP contribution in [0.2, 0.25) is 5.15 Å². The van der Waals surface area contributed by atoms with Crippen LogP contribution in [0.4, 0.5) is 0 Å². The molecule has 2 nitrogen and oxygen atoms in total. The number of halogens is 1. The second-order valence-corrected chi connectivity index (χ2v) is 3.47. The zero-order chi connectivity index (χ0) is 9.97. The van der Waals surface area contributed by atoms with Gasteiger partial charge in [-0.15, -0.1) is 5.10 Å². The van der Waals surface area contributed by atoms with Gasteiger partial charge in [0.05, 0.1) is 6.20 Å². The van der Waals surface area contributed by atoms with Gasteiger partial charge in [-0.3, -0.25) is 0 Å². The molecular formula is C11H9ClN2. The first-order valence-electron chi connectivity index (χ1n) is 4.31. The number of hydrogen-bond donors (Lipinski definition) is 0. The average Bonchev–Trinajstić information content (AvgIpc) is 2.18. The number of nitrogens with zero attached hydrogens (tertiary/aromatic N) is 2. The Balaban J connectivity index is 2.55. The van der Waals surface area contributed by atoms with Gasteiger partial charge in [0.2, 0.25) is 0 Å². The van der Waals surface area contributed by atoms with E-state index in [1.165, 1.54) is 5.56 Å². The maximum absolute atomic E-state index is 5.77. The van der Waals surface area contributed by atoms with E-state index >= 15 is 0 Å². The van der Waals surface area contributed by atoms with Crippen LogP contribution >= 0.6 is 11.6 Å². The van der Waals surface area contributed by atoms with E-state index in [0.29, 0.717) is 5.15 Å². The maximum Gasteiger partial charge on any atom is 0.152 e. The molecule has 0 unspecified atom stereocenters. The molecule has 2 aromatic rings. The van der Waals surface area contributed by atoms with Gasteiger partial charge < -0.3 is 0 Å². The smallest absolute Gasteiger partial charge is 0.152 e. The Labute approximate surface area is 87.6 Å². The lowest BCUT2D eigenvalue weighted by molar-refractivity contribution is 1.03. The van der Waals surface area contributed by atoms with E-state index in [1.54, 1.807) is 6.20 Å². The molecule has 0 fully saturated rings. The molecule has 0 aliphatic rings. The lowest BCUT2D eigenvalue weighted by atomic mass is 10.0. The minimum absolute atomic E-state index is 0.422. The number of hydrogen-bond acceptors (Lipinski definition) is 2. The first kappa shape index (κ1) is 9.16. The lowest BCUT2D eigenvalue weighted by Crippen LogP contribution is -1.86. The summed E-state index contributed by atoms with van der Waals surface area (Å²) in [6.07, 6.45) is 1.72. The predicted molar refractivity (Wildman–Crippen MR) is 57.2 cm³/mol. The van der Waals surface area contributed by atoms with Crippen LogP contribution in [0, 0.1) is 6.92 Å². The van der Waals surface area contributed by atoms with Crippen LogP contribution in [0.1, 0.15) is 5.56 Å². The fraction of sp³-hybridized carbons (Fsp3) is 0.0909. The zero-order valence-corrected chi connectivity index (χ0v) is 8.49. The molecular weight excluding hydrogens is 196 g/mol. The van der Waals surface area contributed by atoms with E-state index < -0.39 is 0 Å². The third-order valence-electron chi connectivity index (χ3n) is 2.08. The monoisotopic (exact) mass is 204 g/mol. The molecule has 1 heterocycles. The van der Waals surface area contributed by atoms with Gasteiger partial charge in [0.1, 0.15) is 0 Å². The molecule has 14 heavy (non-hydrogen) atoms. The summed E-state index contributed by atoms with van der Waals surface area (Å²) in [5, 5.41) is 7.95. The topological polar surface area (TPSA) is 25.8 Å². The molecule has 70 valence electrons. The van der Waals surface area contributed by atoms with Crippen LogP contribution in [-0.4, -0.2) is 10.2 Å². The molecule has 0 saturated carbocycles. The molecule has 0 amide bonds. The molecule has 0 N–H and O–H groups in total. The van der Waals surface area contributed by atoms with E-state index in [9.17, 15) is 0 Å². The summed E-state index contributed by atoms with van der Waals surface area (Å²) < 4.78 is 0. The number of rotatable bonds is 1. The third kappa shape index (κ3) is 1.75. The van der Waals surface area contributed by atoms with Crippen molar-refractivity contribution in [1.29, 1.82) is 0 Å². The third-order valence-corrected chi connectivity index (χ3v) is 2.27. The zero-order valence-electron chi connectivity index (χ0n) is 7.74. The highest BCUT2D eigenvalue weighted by Gasteiger charge is 2.01. The van der Waals surface area contributed by atoms with Crippen molar-refractivity contribution in [3.63, 3.8) is 0 Å². The van der Waals surface area contributed by atoms with E-state index in [0.717, 1.165) is 11.1 Å². The van der Waals surface area contributed by atoms with Crippen LogP contribution in [0.5, 0.6) is 0 Å². The standard InChI is InChI=1S/C11H9ClN2/c1-8-4-2-3-5-10(8)9-6-11(12)14-13-7-9/h2-7H,1H3. The molecule has 0 aliphatic carbocycles. The highest BCUT2D eigenvalue weighted by atomic mass is 35.5. The van der Waals surface area contributed by atoms with Crippen molar-refractivity contribution in [3.8, 4) is 11.1 Å². The number of benzene rings is 1. The van der Waals surface area contributed by atoms with Crippen LogP contribution in [0.25, 0.3) is 11.1 Å². The Morgan fingerprint density at radius 1 is 1.21 bits per heavy atom. The molecule has 0 radical (unpaired) electrons. The maximum atomic E-state index is 5.77. The average molecular weight is 205 g/mol. The van der Waals surface area contributed by atoms with Crippen molar-refractivity contribution >= 4 is 11.6 Å². The summed E-state index contributed by atoms with van der Waals surface area (Å²) >= 11 is 5.77. The SMILES string of the molecule is Cc1ccccc1-c1cnnc(Cl)c1. The van der Waals surface area contributed by atoms with Gasteiger partial charge in [0.15, 0.2) is 5.15 Å². The van der Waals surface area contributed by atoms with E-state index in [2.05, 4.69) is 23.2 Å². The van der Waals surface area contributed by atoms with Gasteiger partial charge in [0.25, 0.3) is 0 Å². The predicted octanol–water partition coefficient (Wildman–Crippen LogP) is 3.11. The normalized spacial score (nSPS) is 10.1. The second-order valence-electron chi connectivity index (χ2n) is 3.08. The number of aryl methyl sites for hydroxylation is 1. The van der Waals surface area contributed by atoms with Crippen LogP contribution < -0.4 is 0 Å². The Bertz CT molecular complexity index is 455. The van der Waals surface area contributed by atoms with Gasteiger partial charge in [0, 0.05) is 5.56 Å². The van der Waals surface area contributed by atoms with Gasteiger partial charge >= 0.3 is 0 Å². The van der Waals surface area contributed by atoms with Crippen LogP contribution in [-0.2, 0) is 0 Å². The van der Waals surface area contributed by atoms with E-state index in [4.69, 9.17) is 11.6 Å². The minimum Gasteiger partial charge on any atom is -0.157 e. The summed E-state index contributed by atoms with van der Waals surface area (Å²) in [7, 11) is 0. The van der Waals surface area contributed by atoms with Gasteiger partial charge in [-0.05, 0) is 24.1 Å². The molecule has 0 aliphatic heterocycles. The second kappa shape index (κ2) is 3.76. The molecule has 1 aromatic carbocycles. The van der Waals surface area contributed by atoms with Crippen molar-refractivity contribution in [1.82, 2.24) is 10.2 Å². The van der Waals surface area contributed by atoms with Crippen molar-refractivity contribution in [2.24, 2.45) is 0 Å². The van der Waals surface area contributed by atoms with Crippen molar-refractivity contribution in [3.05, 3.63) is 47.2 Å². The van der Waals surface area contributed by atoms with Gasteiger partial charge in [-0.2, -0.15) is 5.10 Å². The Morgan fingerprint density at radius 3 is 2.71 bits per heavy atom. The summed E-state index contributed by atoms with van der Waals surface area (Å²) in [6, 6.07) is 9.93.